The molecular weight excluding hydrogens is 336 g/mol. The molecule has 1 saturated heterocycles. The van der Waals surface area contributed by atoms with Gasteiger partial charge >= 0.3 is 11.8 Å². The fraction of sp³-hybridized carbons (Fsp3) is 0.429. The summed E-state index contributed by atoms with van der Waals surface area (Å²) in [6, 6.07) is 7.12. The van der Waals surface area contributed by atoms with Crippen molar-refractivity contribution in [2.75, 3.05) is 44.6 Å². The Morgan fingerprint density at radius 3 is 2.71 bits per heavy atom. The van der Waals surface area contributed by atoms with Crippen molar-refractivity contribution in [1.29, 1.82) is 0 Å². The lowest BCUT2D eigenvalue weighted by atomic mass is 10.3. The number of hydrogen-bond donors (Lipinski definition) is 3. The molecule has 0 aliphatic carbocycles. The molecule has 1 fully saturated rings. The van der Waals surface area contributed by atoms with E-state index in [-0.39, 0.29) is 0 Å². The third-order valence-corrected chi connectivity index (χ3v) is 3.71. The van der Waals surface area contributed by atoms with Crippen LogP contribution in [-0.2, 0) is 9.59 Å². The molecule has 0 bridgehead atoms. The number of carbonyl (C=O) groups is 2. The van der Waals surface area contributed by atoms with Gasteiger partial charge in [-0.15, -0.1) is 0 Å². The van der Waals surface area contributed by atoms with Crippen LogP contribution >= 0.6 is 15.9 Å². The summed E-state index contributed by atoms with van der Waals surface area (Å²) in [5.41, 5.74) is 0.589. The molecule has 7 heteroatoms. The number of rotatable bonds is 4. The van der Waals surface area contributed by atoms with Crippen molar-refractivity contribution in [3.8, 4) is 0 Å². The van der Waals surface area contributed by atoms with Gasteiger partial charge in [-0.05, 0) is 18.2 Å². The fourth-order valence-corrected chi connectivity index (χ4v) is 2.50. The number of nitrogens with zero attached hydrogens (tertiary/aromatic N) is 1. The van der Waals surface area contributed by atoms with Gasteiger partial charge in [0.2, 0.25) is 0 Å². The van der Waals surface area contributed by atoms with Gasteiger partial charge in [0.1, 0.15) is 0 Å². The molecule has 1 aromatic rings. The molecule has 2 amide bonds. The predicted molar refractivity (Wildman–Crippen MR) is 85.1 cm³/mol. The maximum absolute atomic E-state index is 11.7. The van der Waals surface area contributed by atoms with Crippen molar-refractivity contribution in [3.05, 3.63) is 28.7 Å². The molecule has 0 radical (unpaired) electrons. The zero-order valence-corrected chi connectivity index (χ0v) is 13.3. The van der Waals surface area contributed by atoms with E-state index in [4.69, 9.17) is 0 Å². The van der Waals surface area contributed by atoms with Crippen LogP contribution in [0.3, 0.4) is 0 Å². The molecular formula is C14H19BrN4O2. The topological polar surface area (TPSA) is 73.5 Å². The first kappa shape index (κ1) is 15.9. The number of anilines is 1. The Bertz CT molecular complexity index is 504. The predicted octanol–water partition coefficient (Wildman–Crippen LogP) is 0.409. The number of halogens is 1. The highest BCUT2D eigenvalue weighted by atomic mass is 79.9. The second kappa shape index (κ2) is 8.11. The summed E-state index contributed by atoms with van der Waals surface area (Å²) in [6.45, 7) is 5.12. The van der Waals surface area contributed by atoms with E-state index in [1.165, 1.54) is 0 Å². The summed E-state index contributed by atoms with van der Waals surface area (Å²) in [4.78, 5) is 25.7. The highest BCUT2D eigenvalue weighted by molar-refractivity contribution is 9.10. The third kappa shape index (κ3) is 5.45. The third-order valence-electron chi connectivity index (χ3n) is 3.21. The molecule has 0 atom stereocenters. The van der Waals surface area contributed by atoms with Gasteiger partial charge in [-0.1, -0.05) is 22.0 Å². The first-order valence-electron chi connectivity index (χ1n) is 6.93. The van der Waals surface area contributed by atoms with Gasteiger partial charge < -0.3 is 16.0 Å². The summed E-state index contributed by atoms with van der Waals surface area (Å²) in [6.07, 6.45) is 0. The normalized spacial score (nSPS) is 15.5. The number of hydrogen-bond acceptors (Lipinski definition) is 4. The summed E-state index contributed by atoms with van der Waals surface area (Å²) in [5.74, 6) is -1.25. The minimum absolute atomic E-state index is 0.477. The fourth-order valence-electron chi connectivity index (χ4n) is 2.10. The van der Waals surface area contributed by atoms with Crippen molar-refractivity contribution in [3.63, 3.8) is 0 Å². The highest BCUT2D eigenvalue weighted by Crippen LogP contribution is 2.15. The first-order valence-corrected chi connectivity index (χ1v) is 7.72. The van der Waals surface area contributed by atoms with E-state index in [2.05, 4.69) is 36.8 Å². The van der Waals surface area contributed by atoms with Gasteiger partial charge in [-0.3, -0.25) is 14.5 Å². The first-order chi connectivity index (χ1) is 10.1. The van der Waals surface area contributed by atoms with Gasteiger partial charge in [0.25, 0.3) is 0 Å². The number of carbonyl (C=O) groups excluding carboxylic acids is 2. The van der Waals surface area contributed by atoms with Gasteiger partial charge in [-0.25, -0.2) is 0 Å². The Labute approximate surface area is 132 Å². The summed E-state index contributed by atoms with van der Waals surface area (Å²) in [7, 11) is 0. The van der Waals surface area contributed by atoms with E-state index in [1.807, 2.05) is 6.07 Å². The molecule has 114 valence electrons. The smallest absolute Gasteiger partial charge is 0.313 e. The molecule has 1 aromatic carbocycles. The van der Waals surface area contributed by atoms with Crippen molar-refractivity contribution in [2.45, 2.75) is 0 Å². The van der Waals surface area contributed by atoms with Crippen molar-refractivity contribution in [1.82, 2.24) is 15.5 Å². The van der Waals surface area contributed by atoms with Crippen LogP contribution < -0.4 is 16.0 Å². The molecule has 1 heterocycles. The average molecular weight is 355 g/mol. The zero-order valence-electron chi connectivity index (χ0n) is 11.7. The van der Waals surface area contributed by atoms with Crippen LogP contribution in [0.5, 0.6) is 0 Å². The Hall–Kier alpha value is -1.44. The lowest BCUT2D eigenvalue weighted by Gasteiger charge is -2.26. The van der Waals surface area contributed by atoms with Crippen LogP contribution in [0.15, 0.2) is 28.7 Å². The Balaban J connectivity index is 1.71. The van der Waals surface area contributed by atoms with E-state index in [0.717, 1.165) is 37.2 Å². The van der Waals surface area contributed by atoms with E-state index >= 15 is 0 Å². The molecule has 21 heavy (non-hydrogen) atoms. The minimum Gasteiger partial charge on any atom is -0.347 e. The summed E-state index contributed by atoms with van der Waals surface area (Å²) >= 11 is 3.31. The van der Waals surface area contributed by atoms with Crippen LogP contribution in [0.1, 0.15) is 0 Å². The molecule has 0 spiro atoms. The van der Waals surface area contributed by atoms with E-state index in [1.54, 1.807) is 18.2 Å². The second-order valence-corrected chi connectivity index (χ2v) is 5.73. The molecule has 2 rings (SSSR count). The zero-order chi connectivity index (χ0) is 15.1. The molecule has 0 unspecified atom stereocenters. The highest BCUT2D eigenvalue weighted by Gasteiger charge is 2.14. The molecule has 0 aromatic heterocycles. The molecule has 0 saturated carbocycles. The standard InChI is InChI=1S/C14H19BrN4O2/c15-11-2-1-3-12(10-11)18-14(21)13(20)17-6-9-19-7-4-16-5-8-19/h1-3,10,16H,4-9H2,(H,17,20)(H,18,21). The molecule has 3 N–H and O–H groups in total. The monoisotopic (exact) mass is 354 g/mol. The maximum atomic E-state index is 11.7. The number of amides is 2. The summed E-state index contributed by atoms with van der Waals surface area (Å²) in [5, 5.41) is 8.47. The van der Waals surface area contributed by atoms with E-state index < -0.39 is 11.8 Å². The van der Waals surface area contributed by atoms with Crippen LogP contribution in [0.2, 0.25) is 0 Å². The Morgan fingerprint density at radius 2 is 2.00 bits per heavy atom. The second-order valence-electron chi connectivity index (χ2n) is 4.81. The van der Waals surface area contributed by atoms with Gasteiger partial charge in [-0.2, -0.15) is 0 Å². The number of piperazine rings is 1. The number of nitrogens with one attached hydrogen (secondary N) is 3. The summed E-state index contributed by atoms with van der Waals surface area (Å²) < 4.78 is 0.847. The van der Waals surface area contributed by atoms with Gasteiger partial charge in [0.15, 0.2) is 0 Å². The lowest BCUT2D eigenvalue weighted by molar-refractivity contribution is -0.136. The molecule has 1 aliphatic rings. The molecule has 1 aliphatic heterocycles. The average Bonchev–Trinajstić information content (AvgIpc) is 2.48. The van der Waals surface area contributed by atoms with Crippen molar-refractivity contribution in [2.24, 2.45) is 0 Å². The van der Waals surface area contributed by atoms with Crippen LogP contribution in [0.4, 0.5) is 5.69 Å². The van der Waals surface area contributed by atoms with Crippen LogP contribution in [0.25, 0.3) is 0 Å². The lowest BCUT2D eigenvalue weighted by Crippen LogP contribution is -2.47. The van der Waals surface area contributed by atoms with Gasteiger partial charge in [0.05, 0.1) is 0 Å². The Kier molecular flexibility index (Phi) is 6.16. The SMILES string of the molecule is O=C(NCCN1CCNCC1)C(=O)Nc1cccc(Br)c1. The van der Waals surface area contributed by atoms with Gasteiger partial charge in [0, 0.05) is 49.4 Å². The van der Waals surface area contributed by atoms with Crippen molar-refractivity contribution < 1.29 is 9.59 Å². The quantitative estimate of drug-likeness (QED) is 0.684. The van der Waals surface area contributed by atoms with Crippen LogP contribution in [0, 0.1) is 0 Å². The maximum Gasteiger partial charge on any atom is 0.313 e. The van der Waals surface area contributed by atoms with Crippen LogP contribution in [-0.4, -0.2) is 56.0 Å². The van der Waals surface area contributed by atoms with E-state index in [9.17, 15) is 9.59 Å². The largest absolute Gasteiger partial charge is 0.347 e. The van der Waals surface area contributed by atoms with Crippen molar-refractivity contribution >= 4 is 33.4 Å². The minimum atomic E-state index is -0.645. The molecule has 6 nitrogen and oxygen atoms in total. The van der Waals surface area contributed by atoms with E-state index in [0.29, 0.717) is 12.2 Å². The number of benzene rings is 1. The Morgan fingerprint density at radius 1 is 1.24 bits per heavy atom.